The third-order valence-corrected chi connectivity index (χ3v) is 4.75. The lowest BCUT2D eigenvalue weighted by atomic mass is 9.79. The van der Waals surface area contributed by atoms with Crippen LogP contribution in [0.2, 0.25) is 0 Å². The van der Waals surface area contributed by atoms with E-state index in [1.54, 1.807) is 51.1 Å². The summed E-state index contributed by atoms with van der Waals surface area (Å²) in [5, 5.41) is 0. The summed E-state index contributed by atoms with van der Waals surface area (Å²) in [5.74, 6) is -1.64. The van der Waals surface area contributed by atoms with E-state index in [1.807, 2.05) is 0 Å². The normalized spacial score (nSPS) is 21.4. The van der Waals surface area contributed by atoms with Crippen LogP contribution in [0.3, 0.4) is 0 Å². The minimum absolute atomic E-state index is 0.0931. The molecule has 2 rings (SSSR count). The molecule has 0 aliphatic carbocycles. The number of rotatable bonds is 5. The summed E-state index contributed by atoms with van der Waals surface area (Å²) in [5.41, 5.74) is -1.74. The fourth-order valence-electron chi connectivity index (χ4n) is 3.44. The molecule has 0 saturated carbocycles. The fraction of sp³-hybridized carbons (Fsp3) is 0.524. The monoisotopic (exact) mass is 405 g/mol. The molecule has 0 aromatic heterocycles. The summed E-state index contributed by atoms with van der Waals surface area (Å²) in [6, 6.07) is 7.45. The molecule has 1 aromatic rings. The topological polar surface area (TPSA) is 99.2 Å². The molecule has 1 aromatic carbocycles. The Balaban J connectivity index is 2.38. The second-order valence-electron chi connectivity index (χ2n) is 8.09. The Hall–Kier alpha value is -2.90. The van der Waals surface area contributed by atoms with Crippen LogP contribution in [-0.2, 0) is 23.8 Å². The molecule has 1 amide bonds. The molecule has 0 spiro atoms. The van der Waals surface area contributed by atoms with Crippen molar-refractivity contribution < 1.29 is 33.4 Å². The summed E-state index contributed by atoms with van der Waals surface area (Å²) in [6.07, 6.45) is -1.06. The van der Waals surface area contributed by atoms with Gasteiger partial charge in [0.2, 0.25) is 0 Å². The molecule has 0 bridgehead atoms. The van der Waals surface area contributed by atoms with Crippen LogP contribution < -0.4 is 0 Å². The van der Waals surface area contributed by atoms with Gasteiger partial charge in [0.05, 0.1) is 19.6 Å². The molecule has 1 saturated heterocycles. The van der Waals surface area contributed by atoms with Gasteiger partial charge in [0.1, 0.15) is 11.6 Å². The predicted molar refractivity (Wildman–Crippen MR) is 103 cm³/mol. The molecule has 2 atom stereocenters. The summed E-state index contributed by atoms with van der Waals surface area (Å²) >= 11 is 0. The average molecular weight is 405 g/mol. The Morgan fingerprint density at radius 1 is 1.07 bits per heavy atom. The summed E-state index contributed by atoms with van der Waals surface area (Å²) in [6.45, 7) is 4.90. The predicted octanol–water partition coefficient (Wildman–Crippen LogP) is 2.60. The molecule has 1 unspecified atom stereocenters. The van der Waals surface area contributed by atoms with Gasteiger partial charge in [-0.1, -0.05) is 30.3 Å². The van der Waals surface area contributed by atoms with Gasteiger partial charge in [0.15, 0.2) is 5.78 Å². The minimum atomic E-state index is -1.38. The number of benzene rings is 1. The number of nitrogens with zero attached hydrogens (tertiary/aromatic N) is 1. The highest BCUT2D eigenvalue weighted by atomic mass is 16.6. The van der Waals surface area contributed by atoms with Crippen molar-refractivity contribution in [1.29, 1.82) is 0 Å². The smallest absolute Gasteiger partial charge is 0.411 e. The van der Waals surface area contributed by atoms with Gasteiger partial charge in [0.25, 0.3) is 0 Å². The van der Waals surface area contributed by atoms with Gasteiger partial charge in [-0.2, -0.15) is 0 Å². The van der Waals surface area contributed by atoms with Crippen LogP contribution >= 0.6 is 0 Å². The van der Waals surface area contributed by atoms with E-state index in [9.17, 15) is 19.2 Å². The van der Waals surface area contributed by atoms with Crippen LogP contribution in [0.25, 0.3) is 0 Å². The highest BCUT2D eigenvalue weighted by Crippen LogP contribution is 2.41. The van der Waals surface area contributed by atoms with Crippen molar-refractivity contribution in [3.8, 4) is 0 Å². The number of esters is 2. The lowest BCUT2D eigenvalue weighted by Gasteiger charge is -2.28. The van der Waals surface area contributed by atoms with Gasteiger partial charge >= 0.3 is 18.0 Å². The number of hydrogen-bond acceptors (Lipinski definition) is 7. The number of hydrogen-bond donors (Lipinski definition) is 0. The van der Waals surface area contributed by atoms with Crippen LogP contribution in [0.5, 0.6) is 0 Å². The molecule has 1 heterocycles. The zero-order valence-electron chi connectivity index (χ0n) is 17.4. The number of amides is 1. The average Bonchev–Trinajstić information content (AvgIpc) is 3.07. The molecule has 1 aliphatic heterocycles. The maximum atomic E-state index is 12.8. The lowest BCUT2D eigenvalue weighted by molar-refractivity contribution is -0.152. The molecule has 0 N–H and O–H groups in total. The van der Waals surface area contributed by atoms with E-state index >= 15 is 0 Å². The number of likely N-dealkylation sites (tertiary alicyclic amines) is 1. The number of methoxy groups -OCH3 is 2. The maximum absolute atomic E-state index is 12.8. The second kappa shape index (κ2) is 8.63. The van der Waals surface area contributed by atoms with Crippen LogP contribution in [0, 0.1) is 5.41 Å². The van der Waals surface area contributed by atoms with Gasteiger partial charge < -0.3 is 14.2 Å². The standard InChI is InChI=1S/C21H27NO7/c1-20(2,3)29-19(26)22-13-21(18(25)28-5,11-15(22)17(24)27-4)12-16(23)14-9-7-6-8-10-14/h6-10,15H,11-13H2,1-5H3/t15-,21?/m0/s1. The van der Waals surface area contributed by atoms with Crippen molar-refractivity contribution in [1.82, 2.24) is 4.90 Å². The molecule has 29 heavy (non-hydrogen) atoms. The van der Waals surface area contributed by atoms with Crippen molar-refractivity contribution >= 4 is 23.8 Å². The summed E-state index contributed by atoms with van der Waals surface area (Å²) < 4.78 is 15.1. The van der Waals surface area contributed by atoms with E-state index in [0.29, 0.717) is 5.56 Å². The van der Waals surface area contributed by atoms with Gasteiger partial charge in [-0.05, 0) is 27.2 Å². The Labute approximate surface area is 170 Å². The Morgan fingerprint density at radius 2 is 1.69 bits per heavy atom. The molecular formula is C21H27NO7. The highest BCUT2D eigenvalue weighted by molar-refractivity contribution is 6.00. The van der Waals surface area contributed by atoms with Gasteiger partial charge in [0, 0.05) is 18.5 Å². The van der Waals surface area contributed by atoms with Crippen molar-refractivity contribution in [3.63, 3.8) is 0 Å². The van der Waals surface area contributed by atoms with E-state index < -0.39 is 35.1 Å². The zero-order chi connectivity index (χ0) is 21.8. The number of carbonyl (C=O) groups is 4. The fourth-order valence-corrected chi connectivity index (χ4v) is 3.44. The molecule has 1 aliphatic rings. The number of ketones is 1. The van der Waals surface area contributed by atoms with E-state index in [0.717, 1.165) is 4.90 Å². The largest absolute Gasteiger partial charge is 0.469 e. The quantitative estimate of drug-likeness (QED) is 0.422. The number of ether oxygens (including phenoxy) is 3. The second-order valence-corrected chi connectivity index (χ2v) is 8.09. The molecule has 8 nitrogen and oxygen atoms in total. The van der Waals surface area contributed by atoms with E-state index in [4.69, 9.17) is 14.2 Å². The van der Waals surface area contributed by atoms with Crippen molar-refractivity contribution in [3.05, 3.63) is 35.9 Å². The summed E-state index contributed by atoms with van der Waals surface area (Å²) in [7, 11) is 2.41. The SMILES string of the molecule is COC(=O)[C@@H]1CC(CC(=O)c2ccccc2)(C(=O)OC)CN1C(=O)OC(C)(C)C. The highest BCUT2D eigenvalue weighted by Gasteiger charge is 2.56. The first-order chi connectivity index (χ1) is 13.5. The van der Waals surface area contributed by atoms with Crippen molar-refractivity contribution in [2.45, 2.75) is 45.3 Å². The first-order valence-electron chi connectivity index (χ1n) is 9.27. The van der Waals surface area contributed by atoms with Crippen LogP contribution in [0.1, 0.15) is 44.0 Å². The molecule has 0 radical (unpaired) electrons. The Kier molecular flexibility index (Phi) is 6.66. The van der Waals surface area contributed by atoms with Gasteiger partial charge in [-0.25, -0.2) is 9.59 Å². The Morgan fingerprint density at radius 3 is 2.21 bits per heavy atom. The third-order valence-electron chi connectivity index (χ3n) is 4.75. The van der Waals surface area contributed by atoms with E-state index in [2.05, 4.69) is 0 Å². The van der Waals surface area contributed by atoms with Crippen LogP contribution in [0.4, 0.5) is 4.79 Å². The maximum Gasteiger partial charge on any atom is 0.411 e. The number of carbonyl (C=O) groups excluding carboxylic acids is 4. The van der Waals surface area contributed by atoms with Crippen LogP contribution in [0.15, 0.2) is 30.3 Å². The minimum Gasteiger partial charge on any atom is -0.469 e. The zero-order valence-corrected chi connectivity index (χ0v) is 17.4. The Bertz CT molecular complexity index is 784. The molecule has 8 heteroatoms. The summed E-state index contributed by atoms with van der Waals surface area (Å²) in [4.78, 5) is 51.7. The van der Waals surface area contributed by atoms with Crippen LogP contribution in [-0.4, -0.2) is 61.1 Å². The first kappa shape index (κ1) is 22.4. The van der Waals surface area contributed by atoms with Gasteiger partial charge in [-0.15, -0.1) is 0 Å². The van der Waals surface area contributed by atoms with Gasteiger partial charge in [-0.3, -0.25) is 14.5 Å². The van der Waals surface area contributed by atoms with Crippen molar-refractivity contribution in [2.75, 3.05) is 20.8 Å². The number of Topliss-reactive ketones (excluding diaryl/α,β-unsaturated/α-hetero) is 1. The molecule has 1 fully saturated rings. The molecular weight excluding hydrogens is 378 g/mol. The van der Waals surface area contributed by atoms with Crippen molar-refractivity contribution in [2.24, 2.45) is 5.41 Å². The first-order valence-corrected chi connectivity index (χ1v) is 9.27. The van der Waals surface area contributed by atoms with E-state index in [-0.39, 0.29) is 25.2 Å². The lowest BCUT2D eigenvalue weighted by Crippen LogP contribution is -2.44. The third kappa shape index (κ3) is 5.13. The molecule has 158 valence electrons. The van der Waals surface area contributed by atoms with E-state index in [1.165, 1.54) is 14.2 Å².